The molecule has 3 rings (SSSR count). The molecule has 21 heavy (non-hydrogen) atoms. The predicted octanol–water partition coefficient (Wildman–Crippen LogP) is 1.82. The first-order valence-electron chi connectivity index (χ1n) is 5.92. The summed E-state index contributed by atoms with van der Waals surface area (Å²) in [6.45, 7) is 0. The van der Waals surface area contributed by atoms with Gasteiger partial charge in [-0.15, -0.1) is 35.0 Å². The van der Waals surface area contributed by atoms with Gasteiger partial charge in [-0.2, -0.15) is 0 Å². The Labute approximate surface area is 127 Å². The zero-order valence-electron chi connectivity index (χ0n) is 10.6. The number of thiazole rings is 1. The number of carboxylic acids is 1. The van der Waals surface area contributed by atoms with Crippen molar-refractivity contribution in [1.82, 2.24) is 14.7 Å². The maximum atomic E-state index is 12.1. The summed E-state index contributed by atoms with van der Waals surface area (Å²) >= 11 is 2.74. The van der Waals surface area contributed by atoms with Crippen molar-refractivity contribution in [2.45, 2.75) is 12.5 Å². The molecule has 0 spiro atoms. The highest BCUT2D eigenvalue weighted by Crippen LogP contribution is 2.28. The highest BCUT2D eigenvalue weighted by Gasteiger charge is 2.21. The number of rotatable bonds is 4. The van der Waals surface area contributed by atoms with Crippen molar-refractivity contribution in [2.75, 3.05) is 0 Å². The fourth-order valence-electron chi connectivity index (χ4n) is 1.91. The van der Waals surface area contributed by atoms with Crippen LogP contribution in [0.1, 0.15) is 16.1 Å². The van der Waals surface area contributed by atoms with E-state index >= 15 is 0 Å². The summed E-state index contributed by atoms with van der Waals surface area (Å²) in [7, 11) is 0. The fraction of sp³-hybridized carbons (Fsp3) is 0.154. The number of thiophene rings is 1. The third-order valence-corrected chi connectivity index (χ3v) is 4.66. The first kappa shape index (κ1) is 13.6. The number of carbonyl (C=O) groups is 2. The average molecular weight is 319 g/mol. The Morgan fingerprint density at radius 1 is 1.57 bits per heavy atom. The molecule has 106 valence electrons. The zero-order chi connectivity index (χ0) is 15.0. The third kappa shape index (κ3) is 2.37. The van der Waals surface area contributed by atoms with Crippen LogP contribution in [0.15, 0.2) is 17.6 Å². The van der Waals surface area contributed by atoms with E-state index < -0.39 is 17.9 Å². The predicted molar refractivity (Wildman–Crippen MR) is 80.8 cm³/mol. The molecule has 8 heteroatoms. The SMILES string of the molecule is C#CCC(NC(=O)c1cc2c(nc3sccn32)s1)C(=O)O. The minimum Gasteiger partial charge on any atom is -0.480 e. The molecule has 2 N–H and O–H groups in total. The molecule has 0 aromatic carbocycles. The van der Waals surface area contributed by atoms with Gasteiger partial charge in [-0.25, -0.2) is 9.78 Å². The lowest BCUT2D eigenvalue weighted by atomic mass is 10.2. The molecule has 3 heterocycles. The van der Waals surface area contributed by atoms with Crippen LogP contribution in [-0.4, -0.2) is 32.4 Å². The summed E-state index contributed by atoms with van der Waals surface area (Å²) in [4.78, 5) is 29.5. The fourth-order valence-corrected chi connectivity index (χ4v) is 3.61. The Kier molecular flexibility index (Phi) is 3.37. The molecule has 6 nitrogen and oxygen atoms in total. The van der Waals surface area contributed by atoms with E-state index in [1.165, 1.54) is 22.7 Å². The molecule has 0 bridgehead atoms. The number of aliphatic carboxylic acids is 1. The van der Waals surface area contributed by atoms with Crippen LogP contribution in [0.5, 0.6) is 0 Å². The lowest BCUT2D eigenvalue weighted by molar-refractivity contribution is -0.139. The van der Waals surface area contributed by atoms with Crippen LogP contribution in [0.2, 0.25) is 0 Å². The monoisotopic (exact) mass is 319 g/mol. The summed E-state index contributed by atoms with van der Waals surface area (Å²) in [5.41, 5.74) is 0.838. The van der Waals surface area contributed by atoms with Gasteiger partial charge in [0.05, 0.1) is 10.4 Å². The molecule has 0 aliphatic carbocycles. The number of aromatic nitrogens is 2. The van der Waals surface area contributed by atoms with E-state index in [4.69, 9.17) is 11.5 Å². The number of fused-ring (bicyclic) bond motifs is 3. The van der Waals surface area contributed by atoms with Crippen molar-refractivity contribution in [3.8, 4) is 12.3 Å². The molecular weight excluding hydrogens is 310 g/mol. The third-order valence-electron chi connectivity index (χ3n) is 2.89. The Morgan fingerprint density at radius 3 is 3.10 bits per heavy atom. The number of terminal acetylenes is 1. The minimum atomic E-state index is -1.15. The van der Waals surface area contributed by atoms with Gasteiger partial charge in [-0.05, 0) is 6.07 Å². The van der Waals surface area contributed by atoms with Gasteiger partial charge < -0.3 is 10.4 Å². The van der Waals surface area contributed by atoms with Crippen molar-refractivity contribution in [2.24, 2.45) is 0 Å². The van der Waals surface area contributed by atoms with Crippen molar-refractivity contribution < 1.29 is 14.7 Å². The summed E-state index contributed by atoms with van der Waals surface area (Å²) in [6.07, 6.45) is 6.92. The van der Waals surface area contributed by atoms with E-state index in [2.05, 4.69) is 16.2 Å². The van der Waals surface area contributed by atoms with E-state index in [9.17, 15) is 9.59 Å². The Balaban J connectivity index is 1.88. The van der Waals surface area contributed by atoms with Gasteiger partial charge in [0.25, 0.3) is 5.91 Å². The molecule has 1 amide bonds. The van der Waals surface area contributed by atoms with Crippen molar-refractivity contribution in [1.29, 1.82) is 0 Å². The number of carbonyl (C=O) groups excluding carboxylic acids is 1. The van der Waals surface area contributed by atoms with Crippen LogP contribution in [0.4, 0.5) is 0 Å². The number of hydrogen-bond acceptors (Lipinski definition) is 5. The second kappa shape index (κ2) is 5.20. The van der Waals surface area contributed by atoms with Crippen LogP contribution in [0, 0.1) is 12.3 Å². The number of nitrogens with zero attached hydrogens (tertiary/aromatic N) is 2. The molecule has 1 atom stereocenters. The standard InChI is InChI=1S/C13H9N3O3S2/c1-2-3-7(12(18)19)14-10(17)9-6-8-11(21-9)15-13-16(8)4-5-20-13/h1,4-7H,3H2,(H,14,17)(H,18,19). The molecule has 1 unspecified atom stereocenters. The van der Waals surface area contributed by atoms with E-state index in [-0.39, 0.29) is 6.42 Å². The second-order valence-electron chi connectivity index (χ2n) is 4.24. The van der Waals surface area contributed by atoms with Crippen molar-refractivity contribution in [3.05, 3.63) is 22.5 Å². The van der Waals surface area contributed by atoms with E-state index in [1.54, 1.807) is 6.07 Å². The highest BCUT2D eigenvalue weighted by molar-refractivity contribution is 7.21. The molecule has 0 radical (unpaired) electrons. The number of imidazole rings is 1. The molecule has 0 aliphatic heterocycles. The Hall–Kier alpha value is -2.37. The molecule has 0 fully saturated rings. The van der Waals surface area contributed by atoms with Crippen LogP contribution in [0.25, 0.3) is 15.3 Å². The van der Waals surface area contributed by atoms with E-state index in [0.717, 1.165) is 15.3 Å². The quantitative estimate of drug-likeness (QED) is 0.719. The lowest BCUT2D eigenvalue weighted by Gasteiger charge is -2.10. The van der Waals surface area contributed by atoms with Crippen molar-refractivity contribution >= 4 is 49.9 Å². The highest BCUT2D eigenvalue weighted by atomic mass is 32.1. The first-order chi connectivity index (χ1) is 10.1. The normalized spacial score (nSPS) is 12.3. The number of hydrogen-bond donors (Lipinski definition) is 2. The van der Waals surface area contributed by atoms with Crippen LogP contribution >= 0.6 is 22.7 Å². The molecule has 0 aliphatic rings. The van der Waals surface area contributed by atoms with Gasteiger partial charge in [0.1, 0.15) is 10.9 Å². The average Bonchev–Trinajstić information content (AvgIpc) is 3.08. The van der Waals surface area contributed by atoms with Gasteiger partial charge in [0.15, 0.2) is 4.96 Å². The van der Waals surface area contributed by atoms with Gasteiger partial charge in [-0.3, -0.25) is 9.20 Å². The summed E-state index contributed by atoms with van der Waals surface area (Å²) in [5.74, 6) is 0.638. The topological polar surface area (TPSA) is 83.7 Å². The van der Waals surface area contributed by atoms with Gasteiger partial charge in [0, 0.05) is 18.0 Å². The van der Waals surface area contributed by atoms with E-state index in [0.29, 0.717) is 4.88 Å². The Morgan fingerprint density at radius 2 is 2.38 bits per heavy atom. The summed E-state index contributed by atoms with van der Waals surface area (Å²) in [5, 5.41) is 13.3. The summed E-state index contributed by atoms with van der Waals surface area (Å²) < 4.78 is 1.89. The smallest absolute Gasteiger partial charge is 0.327 e. The van der Waals surface area contributed by atoms with Crippen LogP contribution in [0.3, 0.4) is 0 Å². The second-order valence-corrected chi connectivity index (χ2v) is 6.14. The number of carboxylic acid groups (broad SMARTS) is 1. The molecule has 3 aromatic heterocycles. The number of nitrogens with one attached hydrogen (secondary N) is 1. The molecule has 3 aromatic rings. The first-order valence-corrected chi connectivity index (χ1v) is 7.62. The zero-order valence-corrected chi connectivity index (χ0v) is 12.2. The Bertz CT molecular complexity index is 884. The van der Waals surface area contributed by atoms with Crippen LogP contribution in [-0.2, 0) is 4.79 Å². The van der Waals surface area contributed by atoms with Gasteiger partial charge in [0.2, 0.25) is 0 Å². The number of amides is 1. The summed E-state index contributed by atoms with van der Waals surface area (Å²) in [6, 6.07) is 0.623. The van der Waals surface area contributed by atoms with Gasteiger partial charge >= 0.3 is 5.97 Å². The molecule has 0 saturated heterocycles. The van der Waals surface area contributed by atoms with Crippen molar-refractivity contribution in [3.63, 3.8) is 0 Å². The van der Waals surface area contributed by atoms with E-state index in [1.807, 2.05) is 16.0 Å². The van der Waals surface area contributed by atoms with Crippen LogP contribution < -0.4 is 5.32 Å². The molecular formula is C13H9N3O3S2. The lowest BCUT2D eigenvalue weighted by Crippen LogP contribution is -2.40. The minimum absolute atomic E-state index is 0.0556. The van der Waals surface area contributed by atoms with Gasteiger partial charge in [-0.1, -0.05) is 0 Å². The molecule has 0 saturated carbocycles. The maximum absolute atomic E-state index is 12.1. The maximum Gasteiger partial charge on any atom is 0.327 e. The largest absolute Gasteiger partial charge is 0.480 e.